The van der Waals surface area contributed by atoms with Crippen molar-refractivity contribution in [2.75, 3.05) is 23.8 Å². The molecule has 0 radical (unpaired) electrons. The normalized spacial score (nSPS) is 16.7. The number of nitrogens with one attached hydrogen (secondary N) is 3. The van der Waals surface area contributed by atoms with E-state index in [4.69, 9.17) is 4.74 Å². The maximum Gasteiger partial charge on any atom is 0.328 e. The van der Waals surface area contributed by atoms with Crippen molar-refractivity contribution in [1.29, 1.82) is 0 Å². The van der Waals surface area contributed by atoms with E-state index in [2.05, 4.69) is 32.0 Å². The highest BCUT2D eigenvalue weighted by Gasteiger charge is 2.23. The van der Waals surface area contributed by atoms with E-state index in [0.29, 0.717) is 18.3 Å². The fourth-order valence-corrected chi connectivity index (χ4v) is 3.95. The van der Waals surface area contributed by atoms with Crippen LogP contribution in [0.3, 0.4) is 0 Å². The Morgan fingerprint density at radius 2 is 2.14 bits per heavy atom. The molecule has 0 spiro atoms. The van der Waals surface area contributed by atoms with Crippen LogP contribution in [0, 0.1) is 12.8 Å². The largest absolute Gasteiger partial charge is 0.381 e. The molecule has 0 amide bonds. The van der Waals surface area contributed by atoms with Gasteiger partial charge in [0.2, 0.25) is 0 Å². The standard InChI is InChI=1S/C20H23N7O2/c1-13-10-15(2-3-17(13)27-7-6-22-25-27)16-11-21-18-19(23-16)26(20(28)24-18)12-14-4-8-29-9-5-14/h2-3,6-7,10-11,14,21,23H,4-5,8-9,12H2,1H3,(H,24,28). The van der Waals surface area contributed by atoms with E-state index in [0.717, 1.165) is 54.4 Å². The number of imidazole rings is 1. The second-order valence-corrected chi connectivity index (χ2v) is 7.50. The van der Waals surface area contributed by atoms with Crippen molar-refractivity contribution in [3.63, 3.8) is 0 Å². The minimum atomic E-state index is -0.103. The van der Waals surface area contributed by atoms with E-state index in [9.17, 15) is 4.79 Å². The van der Waals surface area contributed by atoms with Crippen molar-refractivity contribution < 1.29 is 4.74 Å². The molecule has 0 unspecified atom stereocenters. The minimum absolute atomic E-state index is 0.103. The lowest BCUT2D eigenvalue weighted by atomic mass is 10.0. The first-order valence-corrected chi connectivity index (χ1v) is 9.81. The average molecular weight is 393 g/mol. The first-order valence-electron chi connectivity index (χ1n) is 9.81. The van der Waals surface area contributed by atoms with Crippen LogP contribution in [0.2, 0.25) is 0 Å². The average Bonchev–Trinajstić information content (AvgIpc) is 3.37. The molecule has 2 aliphatic heterocycles. The van der Waals surface area contributed by atoms with Crippen molar-refractivity contribution in [1.82, 2.24) is 24.5 Å². The number of H-pyrrole nitrogens is 1. The molecule has 2 aliphatic rings. The van der Waals surface area contributed by atoms with E-state index in [1.165, 1.54) is 0 Å². The van der Waals surface area contributed by atoms with Crippen LogP contribution in [-0.2, 0) is 11.3 Å². The number of hydrogen-bond donors (Lipinski definition) is 3. The van der Waals surface area contributed by atoms with Gasteiger partial charge in [0.15, 0.2) is 11.6 Å². The predicted molar refractivity (Wildman–Crippen MR) is 110 cm³/mol. The number of benzene rings is 1. The van der Waals surface area contributed by atoms with Gasteiger partial charge >= 0.3 is 5.69 Å². The lowest BCUT2D eigenvalue weighted by Gasteiger charge is -2.24. The molecule has 0 atom stereocenters. The van der Waals surface area contributed by atoms with Gasteiger partial charge in [-0.25, -0.2) is 9.48 Å². The Bertz CT molecular complexity index is 1100. The SMILES string of the molecule is Cc1cc(C2=CNc3[nH]c(=O)n(CC4CCOCC4)c3N2)ccc1-n1ccnn1. The highest BCUT2D eigenvalue weighted by Crippen LogP contribution is 2.30. The maximum atomic E-state index is 12.5. The molecule has 1 aromatic carbocycles. The highest BCUT2D eigenvalue weighted by atomic mass is 16.5. The summed E-state index contributed by atoms with van der Waals surface area (Å²) in [6, 6.07) is 6.14. The number of rotatable bonds is 4. The summed E-state index contributed by atoms with van der Waals surface area (Å²) < 4.78 is 8.98. The van der Waals surface area contributed by atoms with Crippen LogP contribution < -0.4 is 16.3 Å². The quantitative estimate of drug-likeness (QED) is 0.629. The Hall–Kier alpha value is -3.33. The molecule has 0 aliphatic carbocycles. The van der Waals surface area contributed by atoms with Crippen LogP contribution in [0.1, 0.15) is 24.0 Å². The summed E-state index contributed by atoms with van der Waals surface area (Å²) >= 11 is 0. The number of aromatic amines is 1. The summed E-state index contributed by atoms with van der Waals surface area (Å²) in [4.78, 5) is 15.4. The van der Waals surface area contributed by atoms with E-state index in [1.54, 1.807) is 15.4 Å². The molecule has 2 aromatic heterocycles. The fourth-order valence-electron chi connectivity index (χ4n) is 3.95. The molecule has 9 nitrogen and oxygen atoms in total. The van der Waals surface area contributed by atoms with E-state index < -0.39 is 0 Å². The Kier molecular flexibility index (Phi) is 4.44. The van der Waals surface area contributed by atoms with Crippen LogP contribution in [-0.4, -0.2) is 37.8 Å². The molecule has 150 valence electrons. The first kappa shape index (κ1) is 17.7. The van der Waals surface area contributed by atoms with Gasteiger partial charge in [-0.1, -0.05) is 11.3 Å². The first-order chi connectivity index (χ1) is 14.2. The third-order valence-corrected chi connectivity index (χ3v) is 5.56. The van der Waals surface area contributed by atoms with Gasteiger partial charge in [0.1, 0.15) is 0 Å². The zero-order valence-corrected chi connectivity index (χ0v) is 16.2. The molecule has 1 fully saturated rings. The Morgan fingerprint density at radius 3 is 2.90 bits per heavy atom. The summed E-state index contributed by atoms with van der Waals surface area (Å²) in [5, 5.41) is 14.6. The number of fused-ring (bicyclic) bond motifs is 1. The van der Waals surface area contributed by atoms with Crippen molar-refractivity contribution >= 4 is 17.3 Å². The molecular formula is C20H23N7O2. The minimum Gasteiger partial charge on any atom is -0.381 e. The zero-order valence-electron chi connectivity index (χ0n) is 16.2. The Labute approximate surface area is 167 Å². The number of anilines is 2. The van der Waals surface area contributed by atoms with Crippen LogP contribution in [0.4, 0.5) is 11.6 Å². The van der Waals surface area contributed by atoms with Crippen LogP contribution in [0.5, 0.6) is 0 Å². The molecule has 1 saturated heterocycles. The Balaban J connectivity index is 1.41. The van der Waals surface area contributed by atoms with E-state index in [-0.39, 0.29) is 5.69 Å². The van der Waals surface area contributed by atoms with Crippen LogP contribution in [0.15, 0.2) is 41.6 Å². The molecule has 0 saturated carbocycles. The van der Waals surface area contributed by atoms with Gasteiger partial charge in [-0.3, -0.25) is 9.55 Å². The van der Waals surface area contributed by atoms with Gasteiger partial charge in [0.05, 0.1) is 23.8 Å². The zero-order chi connectivity index (χ0) is 19.8. The fraction of sp³-hybridized carbons (Fsp3) is 0.350. The smallest absolute Gasteiger partial charge is 0.328 e. The monoisotopic (exact) mass is 393 g/mol. The molecule has 4 heterocycles. The summed E-state index contributed by atoms with van der Waals surface area (Å²) in [5.41, 5.74) is 3.89. The summed E-state index contributed by atoms with van der Waals surface area (Å²) in [7, 11) is 0. The van der Waals surface area contributed by atoms with Gasteiger partial charge in [-0.15, -0.1) is 5.10 Å². The van der Waals surface area contributed by atoms with Gasteiger partial charge in [0, 0.05) is 26.0 Å². The van der Waals surface area contributed by atoms with E-state index >= 15 is 0 Å². The molecule has 9 heteroatoms. The predicted octanol–water partition coefficient (Wildman–Crippen LogP) is 2.33. The molecule has 3 N–H and O–H groups in total. The summed E-state index contributed by atoms with van der Waals surface area (Å²) in [6.45, 7) is 4.25. The van der Waals surface area contributed by atoms with Crippen molar-refractivity contribution in [3.05, 3.63) is 58.4 Å². The molecule has 3 aromatic rings. The second kappa shape index (κ2) is 7.25. The van der Waals surface area contributed by atoms with Crippen molar-refractivity contribution in [2.24, 2.45) is 5.92 Å². The number of aromatic nitrogens is 5. The van der Waals surface area contributed by atoms with Gasteiger partial charge in [-0.2, -0.15) is 0 Å². The number of aryl methyl sites for hydroxylation is 1. The van der Waals surface area contributed by atoms with E-state index in [1.807, 2.05) is 31.5 Å². The van der Waals surface area contributed by atoms with Gasteiger partial charge in [0.25, 0.3) is 0 Å². The molecular weight excluding hydrogens is 370 g/mol. The third kappa shape index (κ3) is 3.33. The Morgan fingerprint density at radius 1 is 1.28 bits per heavy atom. The van der Waals surface area contributed by atoms with Crippen molar-refractivity contribution in [2.45, 2.75) is 26.3 Å². The van der Waals surface area contributed by atoms with Gasteiger partial charge < -0.3 is 15.4 Å². The number of ether oxygens (including phenoxy) is 1. The number of nitrogens with zero attached hydrogens (tertiary/aromatic N) is 4. The second-order valence-electron chi connectivity index (χ2n) is 7.50. The molecule has 0 bridgehead atoms. The lowest BCUT2D eigenvalue weighted by Crippen LogP contribution is -2.27. The number of hydrogen-bond acceptors (Lipinski definition) is 6. The topological polar surface area (TPSA) is 102 Å². The summed E-state index contributed by atoms with van der Waals surface area (Å²) in [5.74, 6) is 1.92. The highest BCUT2D eigenvalue weighted by molar-refractivity contribution is 5.85. The van der Waals surface area contributed by atoms with Crippen molar-refractivity contribution in [3.8, 4) is 5.69 Å². The van der Waals surface area contributed by atoms with Crippen LogP contribution in [0.25, 0.3) is 11.4 Å². The lowest BCUT2D eigenvalue weighted by molar-refractivity contribution is 0.0611. The third-order valence-electron chi connectivity index (χ3n) is 5.56. The molecule has 29 heavy (non-hydrogen) atoms. The maximum absolute atomic E-state index is 12.5. The van der Waals surface area contributed by atoms with Crippen LogP contribution >= 0.6 is 0 Å². The van der Waals surface area contributed by atoms with Gasteiger partial charge in [-0.05, 0) is 48.9 Å². The molecule has 5 rings (SSSR count). The summed E-state index contributed by atoms with van der Waals surface area (Å²) in [6.07, 6.45) is 7.31.